The largest absolute Gasteiger partial charge is 1.00 e. The van der Waals surface area contributed by atoms with E-state index in [2.05, 4.69) is 23.6 Å². The first-order valence-electron chi connectivity index (χ1n) is 4.76. The molecule has 0 saturated carbocycles. The van der Waals surface area contributed by atoms with E-state index in [1.165, 1.54) is 5.56 Å². The molecule has 1 aromatic heterocycles. The average Bonchev–Trinajstić information content (AvgIpc) is 2.10. The van der Waals surface area contributed by atoms with E-state index in [1.54, 1.807) is 0 Å². The van der Waals surface area contributed by atoms with Crippen LogP contribution in [0, 0.1) is 20.8 Å². The lowest BCUT2D eigenvalue weighted by Crippen LogP contribution is -3.00. The SMILES string of the molecule is Cc1cc(C)[n+](CC(O)CCl)c(C)c1.[Cl-]. The molecule has 0 spiro atoms. The van der Waals surface area contributed by atoms with Crippen LogP contribution < -0.4 is 17.0 Å². The van der Waals surface area contributed by atoms with Crippen molar-refractivity contribution in [3.8, 4) is 0 Å². The van der Waals surface area contributed by atoms with Crippen LogP contribution in [0.2, 0.25) is 0 Å². The summed E-state index contributed by atoms with van der Waals surface area (Å²) in [5.74, 6) is 0.278. The molecule has 15 heavy (non-hydrogen) atoms. The highest BCUT2D eigenvalue weighted by Crippen LogP contribution is 2.02. The molecule has 2 nitrogen and oxygen atoms in total. The third kappa shape index (κ3) is 3.98. The highest BCUT2D eigenvalue weighted by molar-refractivity contribution is 6.18. The lowest BCUT2D eigenvalue weighted by Gasteiger charge is -2.08. The zero-order valence-electron chi connectivity index (χ0n) is 9.30. The predicted molar refractivity (Wildman–Crippen MR) is 57.6 cm³/mol. The van der Waals surface area contributed by atoms with Crippen molar-refractivity contribution >= 4 is 11.6 Å². The fourth-order valence-electron chi connectivity index (χ4n) is 1.68. The van der Waals surface area contributed by atoms with Gasteiger partial charge < -0.3 is 17.5 Å². The van der Waals surface area contributed by atoms with E-state index < -0.39 is 6.10 Å². The summed E-state index contributed by atoms with van der Waals surface area (Å²) in [5.41, 5.74) is 3.56. The fraction of sp³-hybridized carbons (Fsp3) is 0.545. The van der Waals surface area contributed by atoms with Crippen molar-refractivity contribution in [3.63, 3.8) is 0 Å². The van der Waals surface area contributed by atoms with E-state index in [1.807, 2.05) is 13.8 Å². The van der Waals surface area contributed by atoms with Gasteiger partial charge in [-0.3, -0.25) is 0 Å². The van der Waals surface area contributed by atoms with Gasteiger partial charge in [0.1, 0.15) is 6.10 Å². The van der Waals surface area contributed by atoms with Gasteiger partial charge in [-0.1, -0.05) is 0 Å². The minimum atomic E-state index is -0.471. The predicted octanol–water partition coefficient (Wildman–Crippen LogP) is -1.50. The van der Waals surface area contributed by atoms with Crippen molar-refractivity contribution in [1.29, 1.82) is 0 Å². The summed E-state index contributed by atoms with van der Waals surface area (Å²) >= 11 is 5.57. The van der Waals surface area contributed by atoms with E-state index in [9.17, 15) is 5.11 Å². The van der Waals surface area contributed by atoms with Crippen LogP contribution in [0.15, 0.2) is 12.1 Å². The van der Waals surface area contributed by atoms with Crippen LogP contribution in [0.5, 0.6) is 0 Å². The number of pyridine rings is 1. The minimum Gasteiger partial charge on any atom is -1.00 e. The molecule has 0 saturated heterocycles. The molecule has 1 N–H and O–H groups in total. The van der Waals surface area contributed by atoms with Crippen molar-refractivity contribution in [2.45, 2.75) is 33.4 Å². The Bertz CT molecular complexity index is 305. The second kappa shape index (κ2) is 6.31. The van der Waals surface area contributed by atoms with Crippen molar-refractivity contribution < 1.29 is 22.1 Å². The Morgan fingerprint density at radius 1 is 1.27 bits per heavy atom. The molecule has 0 radical (unpaired) electrons. The van der Waals surface area contributed by atoms with Crippen LogP contribution in [-0.4, -0.2) is 17.1 Å². The number of alkyl halides is 1. The van der Waals surface area contributed by atoms with Gasteiger partial charge in [0, 0.05) is 26.0 Å². The topological polar surface area (TPSA) is 24.1 Å². The number of rotatable bonds is 3. The van der Waals surface area contributed by atoms with Gasteiger partial charge in [0.25, 0.3) is 0 Å². The lowest BCUT2D eigenvalue weighted by atomic mass is 10.2. The van der Waals surface area contributed by atoms with E-state index in [-0.39, 0.29) is 18.3 Å². The second-order valence-corrected chi connectivity index (χ2v) is 4.04. The second-order valence-electron chi connectivity index (χ2n) is 3.73. The van der Waals surface area contributed by atoms with Gasteiger partial charge in [-0.05, 0) is 12.5 Å². The van der Waals surface area contributed by atoms with Crippen LogP contribution in [-0.2, 0) is 6.54 Å². The Kier molecular flexibility index (Phi) is 6.18. The molecule has 0 aromatic carbocycles. The maximum atomic E-state index is 9.48. The molecule has 1 aromatic rings. The summed E-state index contributed by atoms with van der Waals surface area (Å²) < 4.78 is 2.08. The van der Waals surface area contributed by atoms with Crippen molar-refractivity contribution in [2.75, 3.05) is 5.88 Å². The first kappa shape index (κ1) is 14.7. The molecule has 0 aliphatic rings. The third-order valence-electron chi connectivity index (χ3n) is 2.30. The molecule has 1 atom stereocenters. The highest BCUT2D eigenvalue weighted by Gasteiger charge is 2.15. The van der Waals surface area contributed by atoms with E-state index in [4.69, 9.17) is 11.6 Å². The molecule has 0 aliphatic heterocycles. The van der Waals surface area contributed by atoms with Gasteiger partial charge in [0.15, 0.2) is 17.9 Å². The first-order valence-corrected chi connectivity index (χ1v) is 5.29. The summed E-state index contributed by atoms with van der Waals surface area (Å²) in [6.45, 7) is 6.73. The Labute approximate surface area is 102 Å². The number of nitrogens with zero attached hydrogens (tertiary/aromatic N) is 1. The molecule has 1 heterocycles. The van der Waals surface area contributed by atoms with Gasteiger partial charge >= 0.3 is 0 Å². The summed E-state index contributed by atoms with van der Waals surface area (Å²) in [6, 6.07) is 4.21. The molecule has 0 fully saturated rings. The molecular weight excluding hydrogens is 233 g/mol. The van der Waals surface area contributed by atoms with Gasteiger partial charge in [-0.2, -0.15) is 4.57 Å². The molecule has 4 heteroatoms. The lowest BCUT2D eigenvalue weighted by molar-refractivity contribution is -0.714. The average molecular weight is 250 g/mol. The third-order valence-corrected chi connectivity index (χ3v) is 2.65. The van der Waals surface area contributed by atoms with Crippen LogP contribution in [0.1, 0.15) is 17.0 Å². The minimum absolute atomic E-state index is 0. The highest BCUT2D eigenvalue weighted by atomic mass is 35.5. The van der Waals surface area contributed by atoms with Crippen molar-refractivity contribution in [1.82, 2.24) is 0 Å². The van der Waals surface area contributed by atoms with Crippen LogP contribution >= 0.6 is 11.6 Å². The number of hydrogen-bond acceptors (Lipinski definition) is 1. The van der Waals surface area contributed by atoms with Gasteiger partial charge in [0.2, 0.25) is 0 Å². The molecule has 86 valence electrons. The standard InChI is InChI=1S/C11H17ClNO.ClH/c1-8-4-9(2)13(10(3)5-8)7-11(14)6-12;/h4-5,11,14H,6-7H2,1-3H3;1H/q+1;/p-1. The van der Waals surface area contributed by atoms with Crippen LogP contribution in [0.4, 0.5) is 0 Å². The Balaban J connectivity index is 0.00000196. The quantitative estimate of drug-likeness (QED) is 0.512. The Hall–Kier alpha value is -0.310. The summed E-state index contributed by atoms with van der Waals surface area (Å²) in [5, 5.41) is 9.48. The van der Waals surface area contributed by atoms with E-state index in [0.29, 0.717) is 6.54 Å². The number of hydrogen-bond donors (Lipinski definition) is 1. The monoisotopic (exact) mass is 249 g/mol. The van der Waals surface area contributed by atoms with Gasteiger partial charge in [-0.25, -0.2) is 0 Å². The van der Waals surface area contributed by atoms with Crippen LogP contribution in [0.25, 0.3) is 0 Å². The van der Waals surface area contributed by atoms with E-state index in [0.717, 1.165) is 11.4 Å². The number of aliphatic hydroxyl groups is 1. The van der Waals surface area contributed by atoms with E-state index >= 15 is 0 Å². The molecule has 0 amide bonds. The summed E-state index contributed by atoms with van der Waals surface area (Å²) in [6.07, 6.45) is -0.471. The molecular formula is C11H17Cl2NO. The zero-order valence-corrected chi connectivity index (χ0v) is 10.8. The first-order chi connectivity index (χ1) is 6.54. The Morgan fingerprint density at radius 2 is 1.73 bits per heavy atom. The molecule has 1 unspecified atom stereocenters. The zero-order chi connectivity index (χ0) is 10.7. The maximum absolute atomic E-state index is 9.48. The number of aromatic nitrogens is 1. The normalized spacial score (nSPS) is 12.1. The molecule has 0 bridgehead atoms. The Morgan fingerprint density at radius 3 is 2.13 bits per heavy atom. The summed E-state index contributed by atoms with van der Waals surface area (Å²) in [7, 11) is 0. The summed E-state index contributed by atoms with van der Waals surface area (Å²) in [4.78, 5) is 0. The smallest absolute Gasteiger partial charge is 0.178 e. The molecule has 0 aliphatic carbocycles. The number of aryl methyl sites for hydroxylation is 3. The van der Waals surface area contributed by atoms with Crippen LogP contribution in [0.3, 0.4) is 0 Å². The number of aliphatic hydroxyl groups excluding tert-OH is 1. The molecule has 1 rings (SSSR count). The van der Waals surface area contributed by atoms with Gasteiger partial charge in [-0.15, -0.1) is 11.6 Å². The van der Waals surface area contributed by atoms with Crippen molar-refractivity contribution in [2.24, 2.45) is 0 Å². The number of halogens is 2. The van der Waals surface area contributed by atoms with Crippen molar-refractivity contribution in [3.05, 3.63) is 29.1 Å². The fourth-order valence-corrected chi connectivity index (χ4v) is 1.78. The maximum Gasteiger partial charge on any atom is 0.178 e. The van der Waals surface area contributed by atoms with Gasteiger partial charge in [0.05, 0.1) is 5.88 Å².